The number of hydrogen-bond donors (Lipinski definition) is 2. The van der Waals surface area contributed by atoms with E-state index in [0.717, 1.165) is 42.0 Å². The highest BCUT2D eigenvalue weighted by molar-refractivity contribution is 5.76. The van der Waals surface area contributed by atoms with Gasteiger partial charge in [0.25, 0.3) is 0 Å². The van der Waals surface area contributed by atoms with Crippen LogP contribution in [0.25, 0.3) is 0 Å². The third kappa shape index (κ3) is 3.94. The highest BCUT2D eigenvalue weighted by Gasteiger charge is 2.23. The fraction of sp³-hybridized carbons (Fsp3) is 0.524. The van der Waals surface area contributed by atoms with Crippen molar-refractivity contribution in [2.75, 3.05) is 20.3 Å². The average Bonchev–Trinajstić information content (AvgIpc) is 3.13. The average molecular weight is 369 g/mol. The van der Waals surface area contributed by atoms with E-state index >= 15 is 0 Å². The Morgan fingerprint density at radius 2 is 2.26 bits per heavy atom. The maximum Gasteiger partial charge on any atom is 0.220 e. The van der Waals surface area contributed by atoms with Crippen LogP contribution in [0, 0.1) is 5.92 Å². The summed E-state index contributed by atoms with van der Waals surface area (Å²) in [7, 11) is 1.65. The third-order valence-electron chi connectivity index (χ3n) is 5.57. The zero-order valence-corrected chi connectivity index (χ0v) is 15.8. The SMILES string of the molecule is COc1cccc2c1OC[C@H](CNC(=O)CCc1n[nH]c3c1CCCC3)C2. The fourth-order valence-corrected chi connectivity index (χ4v) is 4.08. The standard InChI is InChI=1S/C21H27N3O3/c1-26-19-8-4-5-15-11-14(13-27-21(15)19)12-22-20(25)10-9-18-16-6-2-3-7-17(16)23-24-18/h4-5,8,14H,2-3,6-7,9-13H2,1H3,(H,22,25)(H,23,24)/t14-/m0/s1. The van der Waals surface area contributed by atoms with Gasteiger partial charge in [-0.15, -0.1) is 0 Å². The zero-order valence-electron chi connectivity index (χ0n) is 15.8. The van der Waals surface area contributed by atoms with Crippen molar-refractivity contribution in [3.05, 3.63) is 40.7 Å². The second kappa shape index (κ2) is 8.03. The minimum Gasteiger partial charge on any atom is -0.493 e. The van der Waals surface area contributed by atoms with E-state index in [4.69, 9.17) is 9.47 Å². The van der Waals surface area contributed by atoms with Crippen LogP contribution in [-0.2, 0) is 30.5 Å². The van der Waals surface area contributed by atoms with Crippen LogP contribution in [0.2, 0.25) is 0 Å². The van der Waals surface area contributed by atoms with Gasteiger partial charge < -0.3 is 14.8 Å². The molecule has 1 aromatic carbocycles. The Morgan fingerprint density at radius 3 is 3.15 bits per heavy atom. The van der Waals surface area contributed by atoms with E-state index in [1.807, 2.05) is 12.1 Å². The second-order valence-electron chi connectivity index (χ2n) is 7.47. The number of rotatable bonds is 6. The molecule has 0 radical (unpaired) electrons. The van der Waals surface area contributed by atoms with E-state index in [2.05, 4.69) is 21.6 Å². The van der Waals surface area contributed by atoms with Crippen LogP contribution < -0.4 is 14.8 Å². The molecule has 0 spiro atoms. The molecule has 1 amide bonds. The smallest absolute Gasteiger partial charge is 0.220 e. The third-order valence-corrected chi connectivity index (χ3v) is 5.57. The summed E-state index contributed by atoms with van der Waals surface area (Å²) in [4.78, 5) is 12.3. The molecule has 4 rings (SSSR count). The molecule has 0 saturated heterocycles. The van der Waals surface area contributed by atoms with Gasteiger partial charge in [-0.3, -0.25) is 9.89 Å². The molecule has 1 aromatic heterocycles. The van der Waals surface area contributed by atoms with E-state index in [9.17, 15) is 4.79 Å². The Balaban J connectivity index is 1.26. The molecule has 2 heterocycles. The normalized spacial score (nSPS) is 18.2. The van der Waals surface area contributed by atoms with E-state index in [0.29, 0.717) is 26.0 Å². The number of hydrogen-bond acceptors (Lipinski definition) is 4. The van der Waals surface area contributed by atoms with Crippen LogP contribution in [0.3, 0.4) is 0 Å². The van der Waals surface area contributed by atoms with Gasteiger partial charge in [0.1, 0.15) is 0 Å². The Kier molecular flexibility index (Phi) is 5.32. The first-order chi connectivity index (χ1) is 13.2. The number of para-hydroxylation sites is 1. The highest BCUT2D eigenvalue weighted by atomic mass is 16.5. The minimum absolute atomic E-state index is 0.0824. The molecular formula is C21H27N3O3. The summed E-state index contributed by atoms with van der Waals surface area (Å²) in [6.45, 7) is 1.23. The summed E-state index contributed by atoms with van der Waals surface area (Å²) in [6, 6.07) is 5.95. The number of ether oxygens (including phenoxy) is 2. The van der Waals surface area contributed by atoms with Gasteiger partial charge >= 0.3 is 0 Å². The number of methoxy groups -OCH3 is 1. The Bertz CT molecular complexity index is 815. The molecule has 1 atom stereocenters. The fourth-order valence-electron chi connectivity index (χ4n) is 4.08. The number of H-pyrrole nitrogens is 1. The van der Waals surface area contributed by atoms with Crippen LogP contribution in [0.5, 0.6) is 11.5 Å². The number of aryl methyl sites for hydroxylation is 2. The minimum atomic E-state index is 0.0824. The summed E-state index contributed by atoms with van der Waals surface area (Å²) in [5.74, 6) is 1.98. The monoisotopic (exact) mass is 369 g/mol. The largest absolute Gasteiger partial charge is 0.493 e. The number of fused-ring (bicyclic) bond motifs is 2. The first-order valence-corrected chi connectivity index (χ1v) is 9.85. The number of carbonyl (C=O) groups is 1. The van der Waals surface area contributed by atoms with Gasteiger partial charge in [-0.05, 0) is 49.3 Å². The topological polar surface area (TPSA) is 76.2 Å². The van der Waals surface area contributed by atoms with Gasteiger partial charge in [-0.1, -0.05) is 12.1 Å². The zero-order chi connectivity index (χ0) is 18.6. The lowest BCUT2D eigenvalue weighted by Gasteiger charge is -2.26. The van der Waals surface area contributed by atoms with Crippen LogP contribution in [0.15, 0.2) is 18.2 Å². The lowest BCUT2D eigenvalue weighted by Crippen LogP contribution is -2.35. The molecule has 0 unspecified atom stereocenters. The maximum absolute atomic E-state index is 12.3. The van der Waals surface area contributed by atoms with Crippen molar-refractivity contribution >= 4 is 5.91 Å². The molecular weight excluding hydrogens is 342 g/mol. The summed E-state index contributed by atoms with van der Waals surface area (Å²) in [5, 5.41) is 10.6. The van der Waals surface area contributed by atoms with Crippen molar-refractivity contribution in [2.45, 2.75) is 44.9 Å². The first-order valence-electron chi connectivity index (χ1n) is 9.85. The van der Waals surface area contributed by atoms with Crippen molar-refractivity contribution in [3.8, 4) is 11.5 Å². The molecule has 144 valence electrons. The van der Waals surface area contributed by atoms with Crippen LogP contribution in [-0.4, -0.2) is 36.4 Å². The van der Waals surface area contributed by atoms with E-state index in [1.165, 1.54) is 24.1 Å². The molecule has 0 bridgehead atoms. The molecule has 6 heteroatoms. The molecule has 2 aromatic rings. The molecule has 2 N–H and O–H groups in total. The van der Waals surface area contributed by atoms with Crippen molar-refractivity contribution in [3.63, 3.8) is 0 Å². The van der Waals surface area contributed by atoms with Gasteiger partial charge in [0.05, 0.1) is 19.4 Å². The van der Waals surface area contributed by atoms with Crippen molar-refractivity contribution < 1.29 is 14.3 Å². The Labute approximate surface area is 159 Å². The number of aromatic nitrogens is 2. The molecule has 0 fully saturated rings. The summed E-state index contributed by atoms with van der Waals surface area (Å²) in [6.07, 6.45) is 6.70. The molecule has 1 aliphatic heterocycles. The number of benzene rings is 1. The predicted octanol–water partition coefficient (Wildman–Crippen LogP) is 2.60. The van der Waals surface area contributed by atoms with E-state index < -0.39 is 0 Å². The van der Waals surface area contributed by atoms with Gasteiger partial charge in [0.15, 0.2) is 11.5 Å². The van der Waals surface area contributed by atoms with Crippen LogP contribution in [0.4, 0.5) is 0 Å². The molecule has 1 aliphatic carbocycles. The van der Waals surface area contributed by atoms with E-state index in [1.54, 1.807) is 7.11 Å². The highest BCUT2D eigenvalue weighted by Crippen LogP contribution is 2.35. The number of aromatic amines is 1. The van der Waals surface area contributed by atoms with Crippen LogP contribution >= 0.6 is 0 Å². The van der Waals surface area contributed by atoms with Crippen molar-refractivity contribution in [2.24, 2.45) is 5.92 Å². The number of carbonyl (C=O) groups excluding carboxylic acids is 1. The summed E-state index contributed by atoms with van der Waals surface area (Å²) in [5.41, 5.74) is 4.83. The van der Waals surface area contributed by atoms with E-state index in [-0.39, 0.29) is 11.8 Å². The quantitative estimate of drug-likeness (QED) is 0.821. The van der Waals surface area contributed by atoms with Gasteiger partial charge in [-0.25, -0.2) is 0 Å². The second-order valence-corrected chi connectivity index (χ2v) is 7.47. The summed E-state index contributed by atoms with van der Waals surface area (Å²) < 4.78 is 11.2. The predicted molar refractivity (Wildman–Crippen MR) is 102 cm³/mol. The van der Waals surface area contributed by atoms with Crippen molar-refractivity contribution in [1.82, 2.24) is 15.5 Å². The molecule has 2 aliphatic rings. The first kappa shape index (κ1) is 17.9. The number of nitrogens with zero attached hydrogens (tertiary/aromatic N) is 1. The van der Waals surface area contributed by atoms with Gasteiger partial charge in [-0.2, -0.15) is 5.10 Å². The maximum atomic E-state index is 12.3. The summed E-state index contributed by atoms with van der Waals surface area (Å²) >= 11 is 0. The van der Waals surface area contributed by atoms with Gasteiger partial charge in [0.2, 0.25) is 5.91 Å². The molecule has 27 heavy (non-hydrogen) atoms. The van der Waals surface area contributed by atoms with Gasteiger partial charge in [0, 0.05) is 31.0 Å². The Hall–Kier alpha value is -2.50. The lowest BCUT2D eigenvalue weighted by molar-refractivity contribution is -0.121. The van der Waals surface area contributed by atoms with Crippen molar-refractivity contribution in [1.29, 1.82) is 0 Å². The number of amides is 1. The molecule has 0 saturated carbocycles. The molecule has 6 nitrogen and oxygen atoms in total. The lowest BCUT2D eigenvalue weighted by atomic mass is 9.94. The number of nitrogens with one attached hydrogen (secondary N) is 2. The van der Waals surface area contributed by atoms with Crippen LogP contribution in [0.1, 0.15) is 41.8 Å². The Morgan fingerprint density at radius 1 is 1.37 bits per heavy atom.